The third kappa shape index (κ3) is 1.87. The second kappa shape index (κ2) is 3.66. The van der Waals surface area contributed by atoms with Crippen molar-refractivity contribution in [3.8, 4) is 0 Å². The Balaban J connectivity index is 2.14. The average molecular weight is 209 g/mol. The number of nitrogens with two attached hydrogens (primary N) is 1. The van der Waals surface area contributed by atoms with Gasteiger partial charge in [-0.25, -0.2) is 4.98 Å². The van der Waals surface area contributed by atoms with Crippen molar-refractivity contribution < 1.29 is 9.21 Å². The summed E-state index contributed by atoms with van der Waals surface area (Å²) in [5.41, 5.74) is 5.72. The monoisotopic (exact) mass is 209 g/mol. The lowest BCUT2D eigenvalue weighted by Crippen LogP contribution is -2.31. The number of carbonyl (C=O) groups is 1. The number of likely N-dealkylation sites (tertiary alicyclic amines) is 1. The second-order valence-corrected chi connectivity index (χ2v) is 4.00. The molecule has 2 atom stereocenters. The van der Waals surface area contributed by atoms with Gasteiger partial charge in [-0.1, -0.05) is 0 Å². The van der Waals surface area contributed by atoms with Crippen molar-refractivity contribution in [3.05, 3.63) is 17.8 Å². The van der Waals surface area contributed by atoms with Gasteiger partial charge >= 0.3 is 0 Å². The lowest BCUT2D eigenvalue weighted by Gasteiger charge is -2.21. The first-order valence-electron chi connectivity index (χ1n) is 5.05. The van der Waals surface area contributed by atoms with Crippen molar-refractivity contribution in [2.45, 2.75) is 32.4 Å². The Labute approximate surface area is 88.3 Å². The molecule has 0 bridgehead atoms. The third-order valence-electron chi connectivity index (χ3n) is 2.65. The minimum absolute atomic E-state index is 0.0593. The summed E-state index contributed by atoms with van der Waals surface area (Å²) in [5.74, 6) is 1.41. The molecular formula is C10H15N3O2. The van der Waals surface area contributed by atoms with E-state index in [9.17, 15) is 4.79 Å². The van der Waals surface area contributed by atoms with Gasteiger partial charge in [0, 0.05) is 19.0 Å². The fourth-order valence-corrected chi connectivity index (χ4v) is 1.83. The fourth-order valence-electron chi connectivity index (χ4n) is 1.83. The van der Waals surface area contributed by atoms with Gasteiger partial charge in [-0.2, -0.15) is 0 Å². The highest BCUT2D eigenvalue weighted by molar-refractivity contribution is 5.79. The number of hydrogen-bond acceptors (Lipinski definition) is 4. The number of nitrogens with zero attached hydrogens (tertiary/aromatic N) is 2. The van der Waals surface area contributed by atoms with E-state index < -0.39 is 0 Å². The fraction of sp³-hybridized carbons (Fsp3) is 0.600. The Kier molecular flexibility index (Phi) is 2.48. The van der Waals surface area contributed by atoms with Gasteiger partial charge in [0.15, 0.2) is 0 Å². The smallest absolute Gasteiger partial charge is 0.224 e. The summed E-state index contributed by atoms with van der Waals surface area (Å²) in [7, 11) is 0. The predicted molar refractivity (Wildman–Crippen MR) is 54.0 cm³/mol. The van der Waals surface area contributed by atoms with E-state index in [1.807, 2.05) is 13.8 Å². The molecule has 1 aromatic rings. The molecule has 2 rings (SSSR count). The first-order chi connectivity index (χ1) is 7.08. The molecule has 0 saturated carbocycles. The molecule has 1 fully saturated rings. The van der Waals surface area contributed by atoms with Crippen molar-refractivity contribution in [1.29, 1.82) is 0 Å². The summed E-state index contributed by atoms with van der Waals surface area (Å²) < 4.78 is 5.40. The van der Waals surface area contributed by atoms with Crippen LogP contribution < -0.4 is 5.73 Å². The van der Waals surface area contributed by atoms with Crippen LogP contribution in [0.1, 0.15) is 31.0 Å². The highest BCUT2D eigenvalue weighted by atomic mass is 16.4. The molecule has 2 N–H and O–H groups in total. The topological polar surface area (TPSA) is 72.4 Å². The first-order valence-corrected chi connectivity index (χ1v) is 5.05. The van der Waals surface area contributed by atoms with Crippen LogP contribution in [-0.2, 0) is 4.79 Å². The molecule has 82 valence electrons. The number of aromatic nitrogens is 1. The number of amides is 1. The van der Waals surface area contributed by atoms with Crippen LogP contribution in [0.15, 0.2) is 10.6 Å². The van der Waals surface area contributed by atoms with Gasteiger partial charge in [-0.3, -0.25) is 4.79 Å². The van der Waals surface area contributed by atoms with Gasteiger partial charge in [-0.15, -0.1) is 0 Å². The van der Waals surface area contributed by atoms with Crippen LogP contribution in [0.5, 0.6) is 0 Å². The Morgan fingerprint density at radius 2 is 2.47 bits per heavy atom. The molecular weight excluding hydrogens is 194 g/mol. The zero-order valence-corrected chi connectivity index (χ0v) is 8.93. The Morgan fingerprint density at radius 1 is 1.73 bits per heavy atom. The number of oxazole rings is 1. The van der Waals surface area contributed by atoms with Gasteiger partial charge in [0.05, 0.1) is 6.20 Å². The first kappa shape index (κ1) is 10.2. The molecule has 1 aliphatic heterocycles. The number of aryl methyl sites for hydroxylation is 1. The lowest BCUT2D eigenvalue weighted by molar-refractivity contribution is -0.129. The summed E-state index contributed by atoms with van der Waals surface area (Å²) in [4.78, 5) is 17.4. The van der Waals surface area contributed by atoms with E-state index in [0.29, 0.717) is 18.9 Å². The van der Waals surface area contributed by atoms with Gasteiger partial charge in [0.1, 0.15) is 11.8 Å². The standard InChI is InChI=1S/C10H15N3O2/c1-6-4-12-10(15-6)7(2)13-5-8(11)3-9(13)14/h4,7-8H,3,5,11H2,1-2H3. The van der Waals surface area contributed by atoms with E-state index in [0.717, 1.165) is 5.76 Å². The van der Waals surface area contributed by atoms with Crippen LogP contribution in [0.4, 0.5) is 0 Å². The molecule has 1 aliphatic rings. The SMILES string of the molecule is Cc1cnc(C(C)N2CC(N)CC2=O)o1. The van der Waals surface area contributed by atoms with Crippen LogP contribution in [0.25, 0.3) is 0 Å². The van der Waals surface area contributed by atoms with Crippen LogP contribution in [0.3, 0.4) is 0 Å². The molecule has 5 nitrogen and oxygen atoms in total. The maximum absolute atomic E-state index is 11.6. The molecule has 15 heavy (non-hydrogen) atoms. The molecule has 1 saturated heterocycles. The van der Waals surface area contributed by atoms with E-state index in [1.54, 1.807) is 11.1 Å². The lowest BCUT2D eigenvalue weighted by atomic mass is 10.3. The summed E-state index contributed by atoms with van der Waals surface area (Å²) in [5, 5.41) is 0. The molecule has 0 aromatic carbocycles. The van der Waals surface area contributed by atoms with Crippen molar-refractivity contribution >= 4 is 5.91 Å². The van der Waals surface area contributed by atoms with E-state index >= 15 is 0 Å². The Bertz CT molecular complexity index is 374. The third-order valence-corrected chi connectivity index (χ3v) is 2.65. The largest absolute Gasteiger partial charge is 0.444 e. The summed E-state index contributed by atoms with van der Waals surface area (Å²) in [6, 6.07) is -0.184. The van der Waals surface area contributed by atoms with Crippen LogP contribution in [0.2, 0.25) is 0 Å². The van der Waals surface area contributed by atoms with Crippen molar-refractivity contribution in [2.75, 3.05) is 6.54 Å². The van der Waals surface area contributed by atoms with Gasteiger partial charge < -0.3 is 15.1 Å². The van der Waals surface area contributed by atoms with Gasteiger partial charge in [0.2, 0.25) is 11.8 Å². The summed E-state index contributed by atoms with van der Waals surface area (Å²) in [6.07, 6.45) is 2.08. The Hall–Kier alpha value is -1.36. The maximum Gasteiger partial charge on any atom is 0.224 e. The number of hydrogen-bond donors (Lipinski definition) is 1. The zero-order chi connectivity index (χ0) is 11.0. The predicted octanol–water partition coefficient (Wildman–Crippen LogP) is 0.604. The second-order valence-electron chi connectivity index (χ2n) is 4.00. The normalized spacial score (nSPS) is 23.5. The summed E-state index contributed by atoms with van der Waals surface area (Å²) >= 11 is 0. The van der Waals surface area contributed by atoms with E-state index in [1.165, 1.54) is 0 Å². The minimum atomic E-state index is -0.125. The number of rotatable bonds is 2. The molecule has 1 aromatic heterocycles. The minimum Gasteiger partial charge on any atom is -0.444 e. The summed E-state index contributed by atoms with van der Waals surface area (Å²) in [6.45, 7) is 4.32. The van der Waals surface area contributed by atoms with Crippen LogP contribution in [-0.4, -0.2) is 28.4 Å². The highest BCUT2D eigenvalue weighted by Crippen LogP contribution is 2.24. The zero-order valence-electron chi connectivity index (χ0n) is 8.93. The van der Waals surface area contributed by atoms with E-state index in [4.69, 9.17) is 10.2 Å². The molecule has 1 amide bonds. The van der Waals surface area contributed by atoms with Gasteiger partial charge in [0.25, 0.3) is 0 Å². The van der Waals surface area contributed by atoms with Gasteiger partial charge in [-0.05, 0) is 13.8 Å². The van der Waals surface area contributed by atoms with Crippen molar-refractivity contribution in [3.63, 3.8) is 0 Å². The molecule has 0 spiro atoms. The van der Waals surface area contributed by atoms with E-state index in [-0.39, 0.29) is 18.0 Å². The van der Waals surface area contributed by atoms with Crippen molar-refractivity contribution in [2.24, 2.45) is 5.73 Å². The molecule has 0 radical (unpaired) electrons. The Morgan fingerprint density at radius 3 is 2.93 bits per heavy atom. The van der Waals surface area contributed by atoms with Crippen molar-refractivity contribution in [1.82, 2.24) is 9.88 Å². The highest BCUT2D eigenvalue weighted by Gasteiger charge is 2.32. The molecule has 0 aliphatic carbocycles. The molecule has 5 heteroatoms. The number of carbonyl (C=O) groups excluding carboxylic acids is 1. The van der Waals surface area contributed by atoms with Crippen LogP contribution in [0, 0.1) is 6.92 Å². The average Bonchev–Trinajstić information content (AvgIpc) is 2.71. The van der Waals surface area contributed by atoms with Crippen LogP contribution >= 0.6 is 0 Å². The quantitative estimate of drug-likeness (QED) is 0.774. The molecule has 2 heterocycles. The van der Waals surface area contributed by atoms with E-state index in [2.05, 4.69) is 4.98 Å². The maximum atomic E-state index is 11.6. The molecule has 2 unspecified atom stereocenters.